The molecule has 18 heavy (non-hydrogen) atoms. The number of hydrogen-bond acceptors (Lipinski definition) is 2. The van der Waals surface area contributed by atoms with Crippen LogP contribution in [0, 0.1) is 6.92 Å². The van der Waals surface area contributed by atoms with Crippen molar-refractivity contribution in [2.24, 2.45) is 0 Å². The highest BCUT2D eigenvalue weighted by Crippen LogP contribution is 2.35. The lowest BCUT2D eigenvalue weighted by Crippen LogP contribution is -2.18. The molecule has 3 heteroatoms. The largest absolute Gasteiger partial charge is 0.396 e. The smallest absolute Gasteiger partial charge is 0.0744 e. The summed E-state index contributed by atoms with van der Waals surface area (Å²) in [6.45, 7) is 5.04. The minimum absolute atomic E-state index is 0.597. The van der Waals surface area contributed by atoms with Crippen LogP contribution < -0.4 is 10.6 Å². The van der Waals surface area contributed by atoms with Crippen LogP contribution in [-0.4, -0.2) is 6.54 Å². The number of nitrogens with zero attached hydrogens (tertiary/aromatic N) is 1. The highest BCUT2D eigenvalue weighted by Gasteiger charge is 2.13. The number of halogens is 1. The fourth-order valence-electron chi connectivity index (χ4n) is 2.10. The van der Waals surface area contributed by atoms with Crippen molar-refractivity contribution < 1.29 is 0 Å². The summed E-state index contributed by atoms with van der Waals surface area (Å²) in [5.41, 5.74) is 10.0. The van der Waals surface area contributed by atoms with Crippen LogP contribution in [0.2, 0.25) is 5.02 Å². The molecule has 0 atom stereocenters. The van der Waals surface area contributed by atoms with Crippen molar-refractivity contribution in [3.05, 3.63) is 53.1 Å². The first-order chi connectivity index (χ1) is 8.65. The van der Waals surface area contributed by atoms with Gasteiger partial charge in [-0.05, 0) is 37.6 Å². The topological polar surface area (TPSA) is 29.3 Å². The number of rotatable bonds is 3. The van der Waals surface area contributed by atoms with E-state index in [1.54, 1.807) is 0 Å². The Morgan fingerprint density at radius 2 is 1.72 bits per heavy atom. The van der Waals surface area contributed by atoms with Crippen LogP contribution in [0.15, 0.2) is 42.5 Å². The molecule has 0 spiro atoms. The summed E-state index contributed by atoms with van der Waals surface area (Å²) in [6.07, 6.45) is 0. The lowest BCUT2D eigenvalue weighted by atomic mass is 10.1. The Hall–Kier alpha value is -1.67. The van der Waals surface area contributed by atoms with Crippen molar-refractivity contribution in [1.82, 2.24) is 0 Å². The van der Waals surface area contributed by atoms with E-state index in [-0.39, 0.29) is 0 Å². The fraction of sp³-hybridized carbons (Fsp3) is 0.200. The molecular weight excluding hydrogens is 244 g/mol. The van der Waals surface area contributed by atoms with Crippen LogP contribution in [0.5, 0.6) is 0 Å². The number of hydrogen-bond donors (Lipinski definition) is 1. The van der Waals surface area contributed by atoms with Crippen LogP contribution in [0.1, 0.15) is 12.5 Å². The molecule has 2 aromatic rings. The molecule has 2 aromatic carbocycles. The van der Waals surface area contributed by atoms with Gasteiger partial charge >= 0.3 is 0 Å². The predicted octanol–water partition coefficient (Wildman–Crippen LogP) is 4.39. The molecule has 2 N–H and O–H groups in total. The van der Waals surface area contributed by atoms with Gasteiger partial charge in [0, 0.05) is 12.2 Å². The zero-order valence-electron chi connectivity index (χ0n) is 10.7. The van der Waals surface area contributed by atoms with Crippen LogP contribution >= 0.6 is 11.6 Å². The number of anilines is 3. The molecule has 0 aliphatic rings. The highest BCUT2D eigenvalue weighted by atomic mass is 35.5. The van der Waals surface area contributed by atoms with E-state index < -0.39 is 0 Å². The van der Waals surface area contributed by atoms with Crippen LogP contribution in [-0.2, 0) is 0 Å². The molecule has 94 valence electrons. The summed E-state index contributed by atoms with van der Waals surface area (Å²) >= 11 is 6.09. The number of nitrogens with two attached hydrogens (primary N) is 1. The monoisotopic (exact) mass is 260 g/mol. The number of aryl methyl sites for hydroxylation is 1. The van der Waals surface area contributed by atoms with Crippen LogP contribution in [0.4, 0.5) is 17.1 Å². The Balaban J connectivity index is 2.53. The summed E-state index contributed by atoms with van der Waals surface area (Å²) in [6, 6.07) is 14.0. The second-order valence-electron chi connectivity index (χ2n) is 4.20. The van der Waals surface area contributed by atoms with E-state index in [4.69, 9.17) is 17.3 Å². The lowest BCUT2D eigenvalue weighted by molar-refractivity contribution is 1.02. The number of nitrogen functional groups attached to an aromatic ring is 1. The van der Waals surface area contributed by atoms with Crippen molar-refractivity contribution in [2.45, 2.75) is 13.8 Å². The van der Waals surface area contributed by atoms with Crippen molar-refractivity contribution in [3.8, 4) is 0 Å². The average molecular weight is 261 g/mol. The minimum atomic E-state index is 0.597. The Bertz CT molecular complexity index is 552. The van der Waals surface area contributed by atoms with Gasteiger partial charge < -0.3 is 10.6 Å². The van der Waals surface area contributed by atoms with Gasteiger partial charge in [0.25, 0.3) is 0 Å². The average Bonchev–Trinajstić information content (AvgIpc) is 2.37. The first-order valence-corrected chi connectivity index (χ1v) is 6.40. The van der Waals surface area contributed by atoms with Gasteiger partial charge in [-0.3, -0.25) is 0 Å². The zero-order valence-corrected chi connectivity index (χ0v) is 11.4. The molecule has 2 rings (SSSR count). The minimum Gasteiger partial charge on any atom is -0.396 e. The van der Waals surface area contributed by atoms with Gasteiger partial charge in [-0.15, -0.1) is 0 Å². The molecule has 0 amide bonds. The second-order valence-corrected chi connectivity index (χ2v) is 4.61. The molecule has 0 bridgehead atoms. The molecule has 0 aromatic heterocycles. The van der Waals surface area contributed by atoms with Gasteiger partial charge in [0.15, 0.2) is 0 Å². The van der Waals surface area contributed by atoms with E-state index in [2.05, 4.69) is 30.9 Å². The highest BCUT2D eigenvalue weighted by molar-refractivity contribution is 6.33. The summed E-state index contributed by atoms with van der Waals surface area (Å²) < 4.78 is 0. The van der Waals surface area contributed by atoms with Crippen molar-refractivity contribution in [3.63, 3.8) is 0 Å². The first-order valence-electron chi connectivity index (χ1n) is 6.02. The van der Waals surface area contributed by atoms with Crippen molar-refractivity contribution in [2.75, 3.05) is 17.2 Å². The number of para-hydroxylation sites is 2. The van der Waals surface area contributed by atoms with Gasteiger partial charge in [-0.25, -0.2) is 0 Å². The molecule has 0 saturated heterocycles. The predicted molar refractivity (Wildman–Crippen MR) is 79.7 cm³/mol. The third-order valence-corrected chi connectivity index (χ3v) is 3.37. The second kappa shape index (κ2) is 5.32. The molecule has 0 radical (unpaired) electrons. The van der Waals surface area contributed by atoms with E-state index in [0.717, 1.165) is 17.9 Å². The van der Waals surface area contributed by atoms with Crippen LogP contribution in [0.3, 0.4) is 0 Å². The number of benzene rings is 2. The van der Waals surface area contributed by atoms with E-state index >= 15 is 0 Å². The first kappa shape index (κ1) is 12.8. The summed E-state index contributed by atoms with van der Waals surface area (Å²) in [4.78, 5) is 2.18. The molecule has 0 unspecified atom stereocenters. The van der Waals surface area contributed by atoms with Gasteiger partial charge in [0.1, 0.15) is 0 Å². The normalized spacial score (nSPS) is 10.4. The Morgan fingerprint density at radius 3 is 2.39 bits per heavy atom. The summed E-state index contributed by atoms with van der Waals surface area (Å²) in [7, 11) is 0. The van der Waals surface area contributed by atoms with Gasteiger partial charge in [0.2, 0.25) is 0 Å². The van der Waals surface area contributed by atoms with Gasteiger partial charge in [-0.2, -0.15) is 0 Å². The summed E-state index contributed by atoms with van der Waals surface area (Å²) in [5, 5.41) is 0.597. The summed E-state index contributed by atoms with van der Waals surface area (Å²) in [5.74, 6) is 0. The maximum atomic E-state index is 6.09. The van der Waals surface area contributed by atoms with Crippen LogP contribution in [0.25, 0.3) is 0 Å². The van der Waals surface area contributed by atoms with E-state index in [0.29, 0.717) is 10.7 Å². The Morgan fingerprint density at radius 1 is 1.06 bits per heavy atom. The van der Waals surface area contributed by atoms with E-state index in [1.807, 2.05) is 30.3 Å². The maximum Gasteiger partial charge on any atom is 0.0744 e. The zero-order chi connectivity index (χ0) is 13.1. The molecule has 0 fully saturated rings. The van der Waals surface area contributed by atoms with E-state index in [1.165, 1.54) is 5.56 Å². The quantitative estimate of drug-likeness (QED) is 0.830. The van der Waals surface area contributed by atoms with E-state index in [9.17, 15) is 0 Å². The molecule has 2 nitrogen and oxygen atoms in total. The SMILES string of the molecule is CCN(c1ccccc1C)c1cccc(Cl)c1N. The third kappa shape index (κ3) is 2.29. The maximum absolute atomic E-state index is 6.09. The lowest BCUT2D eigenvalue weighted by Gasteiger charge is -2.26. The Labute approximate surface area is 113 Å². The third-order valence-electron chi connectivity index (χ3n) is 3.04. The molecule has 0 saturated carbocycles. The van der Waals surface area contributed by atoms with Crippen molar-refractivity contribution >= 4 is 28.7 Å². The molecule has 0 heterocycles. The standard InChI is InChI=1S/C15H17ClN2/c1-3-18(13-9-5-4-7-11(13)2)14-10-6-8-12(16)15(14)17/h4-10H,3,17H2,1-2H3. The fourth-order valence-corrected chi connectivity index (χ4v) is 2.27. The van der Waals surface area contributed by atoms with Gasteiger partial charge in [0.05, 0.1) is 16.4 Å². The molecule has 0 aliphatic heterocycles. The molecular formula is C15H17ClN2. The Kier molecular flexibility index (Phi) is 3.78. The van der Waals surface area contributed by atoms with Crippen molar-refractivity contribution in [1.29, 1.82) is 0 Å². The van der Waals surface area contributed by atoms with Gasteiger partial charge in [-0.1, -0.05) is 35.9 Å². The molecule has 0 aliphatic carbocycles.